The van der Waals surface area contributed by atoms with Crippen molar-refractivity contribution in [3.05, 3.63) is 33.7 Å². The fourth-order valence-electron chi connectivity index (χ4n) is 2.99. The Hall–Kier alpha value is -0.860. The minimum atomic E-state index is 0.265. The van der Waals surface area contributed by atoms with Gasteiger partial charge in [0.2, 0.25) is 0 Å². The molecule has 3 heteroatoms. The minimum Gasteiger partial charge on any atom is -0.293 e. The van der Waals surface area contributed by atoms with Crippen LogP contribution in [0.15, 0.2) is 18.2 Å². The van der Waals surface area contributed by atoms with Gasteiger partial charge in [0.25, 0.3) is 0 Å². The molecule has 0 bridgehead atoms. The highest BCUT2D eigenvalue weighted by Gasteiger charge is 2.21. The van der Waals surface area contributed by atoms with E-state index in [1.807, 2.05) is 25.1 Å². The monoisotopic (exact) mass is 322 g/mol. The zero-order valence-corrected chi connectivity index (χ0v) is 15.0. The predicted molar refractivity (Wildman–Crippen MR) is 93.8 cm³/mol. The lowest BCUT2D eigenvalue weighted by Gasteiger charge is -2.22. The summed E-state index contributed by atoms with van der Waals surface area (Å²) in [4.78, 5) is 13.5. The number of benzene rings is 1. The number of aryl methyl sites for hydroxylation is 1. The van der Waals surface area contributed by atoms with Crippen molar-refractivity contribution >= 4 is 38.8 Å². The molecule has 114 valence electrons. The van der Waals surface area contributed by atoms with Gasteiger partial charge in [0, 0.05) is 16.1 Å². The van der Waals surface area contributed by atoms with Crippen molar-refractivity contribution in [2.45, 2.75) is 47.5 Å². The molecule has 0 amide bonds. The van der Waals surface area contributed by atoms with Crippen molar-refractivity contribution in [2.24, 2.45) is 11.3 Å². The maximum atomic E-state index is 12.6. The van der Waals surface area contributed by atoms with Crippen LogP contribution in [0.1, 0.15) is 55.8 Å². The number of carbonyl (C=O) groups is 1. The predicted octanol–water partition coefficient (Wildman–Crippen LogP) is 6.51. The van der Waals surface area contributed by atoms with Crippen LogP contribution in [0.2, 0.25) is 5.02 Å². The Morgan fingerprint density at radius 2 is 2.00 bits per heavy atom. The van der Waals surface area contributed by atoms with Crippen molar-refractivity contribution in [1.82, 2.24) is 0 Å². The third-order valence-electron chi connectivity index (χ3n) is 3.65. The number of carbonyl (C=O) groups excluding carboxylic acids is 1. The van der Waals surface area contributed by atoms with Crippen molar-refractivity contribution < 1.29 is 4.79 Å². The number of Topliss-reactive ketones (excluding diaryl/α,β-unsaturated/α-hetero) is 1. The molecule has 1 aromatic heterocycles. The summed E-state index contributed by atoms with van der Waals surface area (Å²) >= 11 is 7.65. The van der Waals surface area contributed by atoms with E-state index in [1.165, 1.54) is 0 Å². The molecule has 0 radical (unpaired) electrons. The van der Waals surface area contributed by atoms with E-state index in [4.69, 9.17) is 11.6 Å². The molecule has 0 saturated heterocycles. The molecule has 0 saturated carbocycles. The number of ketones is 1. The quantitative estimate of drug-likeness (QED) is 0.586. The molecular weight excluding hydrogens is 300 g/mol. The maximum Gasteiger partial charge on any atom is 0.173 e. The third-order valence-corrected chi connectivity index (χ3v) is 5.20. The summed E-state index contributed by atoms with van der Waals surface area (Å²) in [5, 5.41) is 1.84. The zero-order chi connectivity index (χ0) is 15.8. The van der Waals surface area contributed by atoms with E-state index < -0.39 is 0 Å². The Morgan fingerprint density at radius 3 is 2.62 bits per heavy atom. The molecule has 0 aliphatic rings. The molecule has 1 nitrogen and oxygen atoms in total. The molecule has 0 N–H and O–H groups in total. The van der Waals surface area contributed by atoms with Gasteiger partial charge in [-0.05, 0) is 53.8 Å². The van der Waals surface area contributed by atoms with Crippen molar-refractivity contribution in [2.75, 3.05) is 0 Å². The molecule has 1 heterocycles. The molecule has 2 rings (SSSR count). The molecular formula is C18H23ClOS. The Balaban J connectivity index is 2.22. The number of thiophene rings is 1. The van der Waals surface area contributed by atoms with Crippen LogP contribution >= 0.6 is 22.9 Å². The van der Waals surface area contributed by atoms with Crippen molar-refractivity contribution in [3.8, 4) is 0 Å². The molecule has 1 unspecified atom stereocenters. The van der Waals surface area contributed by atoms with Gasteiger partial charge < -0.3 is 0 Å². The van der Waals surface area contributed by atoms with E-state index in [2.05, 4.69) is 27.7 Å². The first-order chi connectivity index (χ1) is 9.67. The van der Waals surface area contributed by atoms with E-state index in [0.29, 0.717) is 12.3 Å². The van der Waals surface area contributed by atoms with Crippen LogP contribution in [-0.4, -0.2) is 5.78 Å². The second-order valence-electron chi connectivity index (χ2n) is 7.19. The van der Waals surface area contributed by atoms with Gasteiger partial charge >= 0.3 is 0 Å². The standard InChI is InChI=1S/C18H23ClOS/c1-11(10-18(3,4)5)8-15(20)17-12(2)14-9-13(19)6-7-16(14)21-17/h6-7,9,11H,8,10H2,1-5H3. The molecule has 21 heavy (non-hydrogen) atoms. The first-order valence-electron chi connectivity index (χ1n) is 7.39. The number of hydrogen-bond donors (Lipinski definition) is 0. The molecule has 0 aliphatic carbocycles. The van der Waals surface area contributed by atoms with Crippen molar-refractivity contribution in [3.63, 3.8) is 0 Å². The summed E-state index contributed by atoms with van der Waals surface area (Å²) < 4.78 is 1.14. The second kappa shape index (κ2) is 6.10. The number of hydrogen-bond acceptors (Lipinski definition) is 2. The summed E-state index contributed by atoms with van der Waals surface area (Å²) in [6.07, 6.45) is 1.69. The van der Waals surface area contributed by atoms with Crippen LogP contribution in [0.25, 0.3) is 10.1 Å². The lowest BCUT2D eigenvalue weighted by Crippen LogP contribution is -2.14. The van der Waals surface area contributed by atoms with E-state index in [1.54, 1.807) is 11.3 Å². The summed E-state index contributed by atoms with van der Waals surface area (Å²) in [5.74, 6) is 0.673. The lowest BCUT2D eigenvalue weighted by atomic mass is 9.83. The van der Waals surface area contributed by atoms with Crippen LogP contribution in [0.4, 0.5) is 0 Å². The summed E-state index contributed by atoms with van der Waals surface area (Å²) in [6, 6.07) is 5.85. The highest BCUT2D eigenvalue weighted by atomic mass is 35.5. The van der Waals surface area contributed by atoms with E-state index in [-0.39, 0.29) is 11.2 Å². The smallest absolute Gasteiger partial charge is 0.173 e. The van der Waals surface area contributed by atoms with Crippen LogP contribution in [0.3, 0.4) is 0 Å². The molecule has 0 aliphatic heterocycles. The highest BCUT2D eigenvalue weighted by molar-refractivity contribution is 7.21. The van der Waals surface area contributed by atoms with Gasteiger partial charge in [0.1, 0.15) is 0 Å². The normalized spacial score (nSPS) is 13.6. The summed E-state index contributed by atoms with van der Waals surface area (Å²) in [7, 11) is 0. The summed E-state index contributed by atoms with van der Waals surface area (Å²) in [6.45, 7) is 10.9. The van der Waals surface area contributed by atoms with Crippen LogP contribution < -0.4 is 0 Å². The zero-order valence-electron chi connectivity index (χ0n) is 13.4. The molecule has 0 fully saturated rings. The van der Waals surface area contributed by atoms with Crippen LogP contribution in [0, 0.1) is 18.3 Å². The van der Waals surface area contributed by atoms with Crippen LogP contribution in [-0.2, 0) is 0 Å². The fraction of sp³-hybridized carbons (Fsp3) is 0.500. The number of fused-ring (bicyclic) bond motifs is 1. The average Bonchev–Trinajstić information content (AvgIpc) is 2.64. The fourth-order valence-corrected chi connectivity index (χ4v) is 4.30. The second-order valence-corrected chi connectivity index (χ2v) is 8.68. The van der Waals surface area contributed by atoms with Gasteiger partial charge in [-0.2, -0.15) is 0 Å². The minimum absolute atomic E-state index is 0.265. The third kappa shape index (κ3) is 4.08. The Labute approximate surface area is 136 Å². The van der Waals surface area contributed by atoms with Gasteiger partial charge in [-0.15, -0.1) is 11.3 Å². The van der Waals surface area contributed by atoms with Gasteiger partial charge in [-0.3, -0.25) is 4.79 Å². The first kappa shape index (κ1) is 16.5. The largest absolute Gasteiger partial charge is 0.293 e. The number of halogens is 1. The number of rotatable bonds is 4. The van der Waals surface area contributed by atoms with E-state index in [0.717, 1.165) is 32.0 Å². The molecule has 1 aromatic carbocycles. The Kier molecular flexibility index (Phi) is 4.79. The van der Waals surface area contributed by atoms with Gasteiger partial charge in [-0.25, -0.2) is 0 Å². The van der Waals surface area contributed by atoms with Crippen molar-refractivity contribution in [1.29, 1.82) is 0 Å². The molecule has 0 spiro atoms. The van der Waals surface area contributed by atoms with E-state index >= 15 is 0 Å². The van der Waals surface area contributed by atoms with Gasteiger partial charge in [0.15, 0.2) is 5.78 Å². The first-order valence-corrected chi connectivity index (χ1v) is 8.58. The molecule has 2 aromatic rings. The average molecular weight is 323 g/mol. The molecule has 1 atom stereocenters. The Morgan fingerprint density at radius 1 is 1.33 bits per heavy atom. The topological polar surface area (TPSA) is 17.1 Å². The van der Waals surface area contributed by atoms with Crippen LogP contribution in [0.5, 0.6) is 0 Å². The SMILES string of the molecule is Cc1c(C(=O)CC(C)CC(C)(C)C)sc2ccc(Cl)cc12. The van der Waals surface area contributed by atoms with Gasteiger partial charge in [0.05, 0.1) is 4.88 Å². The van der Waals surface area contributed by atoms with Gasteiger partial charge in [-0.1, -0.05) is 39.3 Å². The Bertz CT molecular complexity index is 664. The highest BCUT2D eigenvalue weighted by Crippen LogP contribution is 2.35. The summed E-state index contributed by atoms with van der Waals surface area (Å²) in [5.41, 5.74) is 1.34. The lowest BCUT2D eigenvalue weighted by molar-refractivity contribution is 0.0958. The van der Waals surface area contributed by atoms with E-state index in [9.17, 15) is 4.79 Å². The maximum absolute atomic E-state index is 12.6.